The van der Waals surface area contributed by atoms with Crippen molar-refractivity contribution in [1.29, 1.82) is 5.26 Å². The van der Waals surface area contributed by atoms with Crippen LogP contribution in [0.5, 0.6) is 0 Å². The van der Waals surface area contributed by atoms with Crippen LogP contribution in [0, 0.1) is 22.6 Å². The Bertz CT molecular complexity index is 390. The number of aliphatic hydroxyl groups is 1. The number of rotatable bonds is 2. The molecule has 0 saturated heterocycles. The van der Waals surface area contributed by atoms with E-state index in [1.165, 1.54) is 19.1 Å². The molecule has 15 heavy (non-hydrogen) atoms. The van der Waals surface area contributed by atoms with Gasteiger partial charge in [0, 0.05) is 0 Å². The van der Waals surface area contributed by atoms with E-state index in [2.05, 4.69) is 4.98 Å². The predicted molar refractivity (Wildman–Crippen MR) is 53.2 cm³/mol. The first-order valence-corrected chi connectivity index (χ1v) is 4.57. The van der Waals surface area contributed by atoms with Crippen molar-refractivity contribution >= 4 is 0 Å². The highest BCUT2D eigenvalue weighted by Crippen LogP contribution is 2.37. The zero-order chi connectivity index (χ0) is 11.7. The van der Waals surface area contributed by atoms with Crippen LogP contribution in [-0.2, 0) is 5.60 Å². The Labute approximate surface area is 88.2 Å². The first kappa shape index (κ1) is 11.6. The van der Waals surface area contributed by atoms with Crippen molar-refractivity contribution in [3.63, 3.8) is 0 Å². The monoisotopic (exact) mass is 208 g/mol. The van der Waals surface area contributed by atoms with E-state index in [1.54, 1.807) is 13.8 Å². The molecule has 1 N–H and O–H groups in total. The molecule has 1 heterocycles. The van der Waals surface area contributed by atoms with Crippen LogP contribution in [0.15, 0.2) is 18.3 Å². The van der Waals surface area contributed by atoms with Gasteiger partial charge in [-0.15, -0.1) is 0 Å². The summed E-state index contributed by atoms with van der Waals surface area (Å²) in [5.74, 6) is -0.468. The van der Waals surface area contributed by atoms with Crippen LogP contribution < -0.4 is 0 Å². The molecular formula is C11H13FN2O. The Kier molecular flexibility index (Phi) is 2.78. The summed E-state index contributed by atoms with van der Waals surface area (Å²) in [5, 5.41) is 19.1. The minimum atomic E-state index is -1.41. The van der Waals surface area contributed by atoms with Crippen molar-refractivity contribution < 1.29 is 9.50 Å². The highest BCUT2D eigenvalue weighted by Gasteiger charge is 2.42. The van der Waals surface area contributed by atoms with Gasteiger partial charge in [0.2, 0.25) is 0 Å². The Morgan fingerprint density at radius 1 is 1.40 bits per heavy atom. The molecule has 0 aliphatic heterocycles. The number of nitriles is 1. The fourth-order valence-electron chi connectivity index (χ4n) is 1.09. The van der Waals surface area contributed by atoms with Crippen molar-refractivity contribution in [2.45, 2.75) is 26.4 Å². The second-order valence-electron chi connectivity index (χ2n) is 4.17. The molecule has 0 saturated carbocycles. The molecule has 1 aromatic heterocycles. The van der Waals surface area contributed by atoms with E-state index in [0.717, 1.165) is 6.20 Å². The molecule has 4 heteroatoms. The third-order valence-corrected chi connectivity index (χ3v) is 2.72. The van der Waals surface area contributed by atoms with Gasteiger partial charge in [-0.3, -0.25) is 4.98 Å². The number of hydrogen-bond acceptors (Lipinski definition) is 3. The molecule has 0 amide bonds. The summed E-state index contributed by atoms with van der Waals surface area (Å²) in [6, 6.07) is 4.61. The lowest BCUT2D eigenvalue weighted by molar-refractivity contribution is -0.0306. The summed E-state index contributed by atoms with van der Waals surface area (Å²) >= 11 is 0. The van der Waals surface area contributed by atoms with E-state index >= 15 is 0 Å². The number of nitrogens with zero attached hydrogens (tertiary/aromatic N) is 2. The molecule has 1 unspecified atom stereocenters. The van der Waals surface area contributed by atoms with Gasteiger partial charge in [-0.25, -0.2) is 4.39 Å². The SMILES string of the molecule is CC(C)(C#N)C(C)(O)c1ccc(F)cn1. The molecule has 0 bridgehead atoms. The normalized spacial score (nSPS) is 15.5. The van der Waals surface area contributed by atoms with Gasteiger partial charge in [-0.05, 0) is 32.9 Å². The first-order chi connectivity index (χ1) is 6.81. The molecule has 1 aromatic rings. The second-order valence-corrected chi connectivity index (χ2v) is 4.17. The number of aromatic nitrogens is 1. The Morgan fingerprint density at radius 2 is 2.00 bits per heavy atom. The summed E-state index contributed by atoms with van der Waals surface area (Å²) in [5.41, 5.74) is -2.11. The molecule has 80 valence electrons. The summed E-state index contributed by atoms with van der Waals surface area (Å²) in [4.78, 5) is 3.79. The molecule has 0 aromatic carbocycles. The van der Waals surface area contributed by atoms with Crippen molar-refractivity contribution in [2.75, 3.05) is 0 Å². The molecule has 0 fully saturated rings. The van der Waals surface area contributed by atoms with Crippen LogP contribution in [0.3, 0.4) is 0 Å². The Morgan fingerprint density at radius 3 is 2.40 bits per heavy atom. The van der Waals surface area contributed by atoms with Crippen LogP contribution >= 0.6 is 0 Å². The fourth-order valence-corrected chi connectivity index (χ4v) is 1.09. The van der Waals surface area contributed by atoms with E-state index in [9.17, 15) is 9.50 Å². The Hall–Kier alpha value is -1.47. The van der Waals surface area contributed by atoms with Gasteiger partial charge in [-0.2, -0.15) is 5.26 Å². The predicted octanol–water partition coefficient (Wildman–Crippen LogP) is 1.98. The highest BCUT2D eigenvalue weighted by atomic mass is 19.1. The topological polar surface area (TPSA) is 56.9 Å². The lowest BCUT2D eigenvalue weighted by Crippen LogP contribution is -2.38. The molecule has 0 aliphatic carbocycles. The molecule has 1 atom stereocenters. The van der Waals surface area contributed by atoms with Crippen LogP contribution in [0.25, 0.3) is 0 Å². The van der Waals surface area contributed by atoms with Crippen molar-refractivity contribution in [3.05, 3.63) is 29.8 Å². The zero-order valence-corrected chi connectivity index (χ0v) is 8.95. The van der Waals surface area contributed by atoms with Crippen LogP contribution in [0.4, 0.5) is 4.39 Å². The van der Waals surface area contributed by atoms with Gasteiger partial charge in [0.05, 0.1) is 23.4 Å². The number of pyridine rings is 1. The van der Waals surface area contributed by atoms with Crippen LogP contribution in [-0.4, -0.2) is 10.1 Å². The van der Waals surface area contributed by atoms with Gasteiger partial charge < -0.3 is 5.11 Å². The van der Waals surface area contributed by atoms with E-state index in [1.807, 2.05) is 6.07 Å². The lowest BCUT2D eigenvalue weighted by Gasteiger charge is -2.33. The summed E-state index contributed by atoms with van der Waals surface area (Å²) in [6.45, 7) is 4.71. The summed E-state index contributed by atoms with van der Waals surface area (Å²) in [7, 11) is 0. The highest BCUT2D eigenvalue weighted by molar-refractivity contribution is 5.20. The maximum absolute atomic E-state index is 12.6. The largest absolute Gasteiger partial charge is 0.382 e. The third kappa shape index (κ3) is 1.97. The summed E-state index contributed by atoms with van der Waals surface area (Å²) in [6.07, 6.45) is 1.03. The zero-order valence-electron chi connectivity index (χ0n) is 8.95. The van der Waals surface area contributed by atoms with Crippen LogP contribution in [0.2, 0.25) is 0 Å². The first-order valence-electron chi connectivity index (χ1n) is 4.57. The molecule has 3 nitrogen and oxygen atoms in total. The summed E-state index contributed by atoms with van der Waals surface area (Å²) < 4.78 is 12.6. The average Bonchev–Trinajstić information content (AvgIpc) is 2.18. The van der Waals surface area contributed by atoms with E-state index in [0.29, 0.717) is 0 Å². The standard InChI is InChI=1S/C11H13FN2O/c1-10(2,7-13)11(3,15)9-5-4-8(12)6-14-9/h4-6,15H,1-3H3. The maximum Gasteiger partial charge on any atom is 0.141 e. The fraction of sp³-hybridized carbons (Fsp3) is 0.455. The van der Waals surface area contributed by atoms with Crippen molar-refractivity contribution in [1.82, 2.24) is 4.98 Å². The van der Waals surface area contributed by atoms with Gasteiger partial charge >= 0.3 is 0 Å². The third-order valence-electron chi connectivity index (χ3n) is 2.72. The van der Waals surface area contributed by atoms with Crippen LogP contribution in [0.1, 0.15) is 26.5 Å². The smallest absolute Gasteiger partial charge is 0.141 e. The second kappa shape index (κ2) is 3.59. The Balaban J connectivity index is 3.18. The van der Waals surface area contributed by atoms with Gasteiger partial charge in [0.15, 0.2) is 0 Å². The number of hydrogen-bond donors (Lipinski definition) is 1. The van der Waals surface area contributed by atoms with Crippen molar-refractivity contribution in [2.24, 2.45) is 5.41 Å². The maximum atomic E-state index is 12.6. The minimum absolute atomic E-state index is 0.287. The quantitative estimate of drug-likeness (QED) is 0.808. The van der Waals surface area contributed by atoms with Gasteiger partial charge in [0.1, 0.15) is 11.4 Å². The minimum Gasteiger partial charge on any atom is -0.382 e. The lowest BCUT2D eigenvalue weighted by atomic mass is 9.75. The van der Waals surface area contributed by atoms with E-state index in [4.69, 9.17) is 5.26 Å². The van der Waals surface area contributed by atoms with Crippen molar-refractivity contribution in [3.8, 4) is 6.07 Å². The van der Waals surface area contributed by atoms with Gasteiger partial charge in [-0.1, -0.05) is 0 Å². The molecule has 1 rings (SSSR count). The molecule has 0 radical (unpaired) electrons. The average molecular weight is 208 g/mol. The van der Waals surface area contributed by atoms with Gasteiger partial charge in [0.25, 0.3) is 0 Å². The van der Waals surface area contributed by atoms with E-state index < -0.39 is 16.8 Å². The van der Waals surface area contributed by atoms with E-state index in [-0.39, 0.29) is 5.69 Å². The molecule has 0 spiro atoms. The molecular weight excluding hydrogens is 195 g/mol. The molecule has 0 aliphatic rings. The number of halogens is 1.